The second-order valence-corrected chi connectivity index (χ2v) is 3.52. The maximum absolute atomic E-state index is 11.5. The average Bonchev–Trinajstić information content (AvgIpc) is 2.76. The molecule has 2 aromatic rings. The summed E-state index contributed by atoms with van der Waals surface area (Å²) in [6.45, 7) is -0.331. The highest BCUT2D eigenvalue weighted by atomic mass is 16.6. The van der Waals surface area contributed by atoms with Gasteiger partial charge in [0.1, 0.15) is 12.3 Å². The molecule has 0 spiro atoms. The smallest absolute Gasteiger partial charge is 0.418 e. The Kier molecular flexibility index (Phi) is 3.72. The van der Waals surface area contributed by atoms with Gasteiger partial charge in [-0.15, -0.1) is 5.10 Å². The number of nitrogens with zero attached hydrogens (tertiary/aromatic N) is 3. The standard InChI is InChI=1S/C11H10N4O4/c16-10(17)7-15-6-9(13-14-15)12-11(18)19-8-4-2-1-3-5-8/h1-6H,7H2,(H,12,18)(H,16,17). The van der Waals surface area contributed by atoms with E-state index in [0.29, 0.717) is 5.75 Å². The molecule has 0 aliphatic carbocycles. The number of carbonyl (C=O) groups excluding carboxylic acids is 1. The molecular formula is C11H10N4O4. The molecule has 0 saturated carbocycles. The van der Waals surface area contributed by atoms with Gasteiger partial charge in [0.15, 0.2) is 5.82 Å². The van der Waals surface area contributed by atoms with Crippen molar-refractivity contribution in [2.24, 2.45) is 0 Å². The average molecular weight is 262 g/mol. The number of anilines is 1. The van der Waals surface area contributed by atoms with Gasteiger partial charge in [-0.05, 0) is 12.1 Å². The Bertz CT molecular complexity index is 581. The molecule has 1 aromatic heterocycles. The van der Waals surface area contributed by atoms with Crippen LogP contribution in [0.15, 0.2) is 36.5 Å². The van der Waals surface area contributed by atoms with Gasteiger partial charge in [0.05, 0.1) is 6.20 Å². The molecule has 1 amide bonds. The Morgan fingerprint density at radius 3 is 2.74 bits per heavy atom. The van der Waals surface area contributed by atoms with Crippen LogP contribution in [0.5, 0.6) is 5.75 Å². The van der Waals surface area contributed by atoms with Crippen LogP contribution < -0.4 is 10.1 Å². The summed E-state index contributed by atoms with van der Waals surface area (Å²) in [5.41, 5.74) is 0. The Hall–Kier alpha value is -2.90. The minimum Gasteiger partial charge on any atom is -0.480 e. The van der Waals surface area contributed by atoms with Crippen LogP contribution in [-0.2, 0) is 11.3 Å². The maximum atomic E-state index is 11.5. The normalized spacial score (nSPS) is 9.89. The SMILES string of the molecule is O=C(O)Cn1cc(NC(=O)Oc2ccccc2)nn1. The summed E-state index contributed by atoms with van der Waals surface area (Å²) in [4.78, 5) is 21.9. The van der Waals surface area contributed by atoms with Gasteiger partial charge in [-0.3, -0.25) is 10.1 Å². The highest BCUT2D eigenvalue weighted by Crippen LogP contribution is 2.09. The summed E-state index contributed by atoms with van der Waals surface area (Å²) in [6.07, 6.45) is 0.564. The summed E-state index contributed by atoms with van der Waals surface area (Å²) >= 11 is 0. The second-order valence-electron chi connectivity index (χ2n) is 3.52. The fourth-order valence-corrected chi connectivity index (χ4v) is 1.30. The van der Waals surface area contributed by atoms with Gasteiger partial charge < -0.3 is 9.84 Å². The number of hydrogen-bond donors (Lipinski definition) is 2. The molecule has 0 radical (unpaired) electrons. The van der Waals surface area contributed by atoms with E-state index in [9.17, 15) is 9.59 Å². The topological polar surface area (TPSA) is 106 Å². The van der Waals surface area contributed by atoms with E-state index in [4.69, 9.17) is 9.84 Å². The Morgan fingerprint density at radius 2 is 2.05 bits per heavy atom. The molecule has 0 unspecified atom stereocenters. The number of rotatable bonds is 4. The van der Waals surface area contributed by atoms with Gasteiger partial charge in [-0.2, -0.15) is 0 Å². The predicted octanol–water partition coefficient (Wildman–Crippen LogP) is 0.974. The van der Waals surface area contributed by atoms with E-state index >= 15 is 0 Å². The second kappa shape index (κ2) is 5.63. The zero-order valence-corrected chi connectivity index (χ0v) is 9.68. The first-order chi connectivity index (χ1) is 9.13. The van der Waals surface area contributed by atoms with Gasteiger partial charge in [0.2, 0.25) is 0 Å². The molecule has 1 heterocycles. The number of carboxylic acid groups (broad SMARTS) is 1. The van der Waals surface area contributed by atoms with Gasteiger partial charge in [0, 0.05) is 0 Å². The quantitative estimate of drug-likeness (QED) is 0.850. The molecule has 1 aromatic carbocycles. The highest BCUT2D eigenvalue weighted by Gasteiger charge is 2.09. The molecule has 0 bridgehead atoms. The number of carbonyl (C=O) groups is 2. The van der Waals surface area contributed by atoms with Crippen LogP contribution in [0.2, 0.25) is 0 Å². The minimum absolute atomic E-state index is 0.113. The first kappa shape index (κ1) is 12.6. The lowest BCUT2D eigenvalue weighted by Crippen LogP contribution is -2.16. The number of carboxylic acids is 1. The van der Waals surface area contributed by atoms with Gasteiger partial charge in [0.25, 0.3) is 0 Å². The lowest BCUT2D eigenvalue weighted by Gasteiger charge is -2.03. The molecule has 8 heteroatoms. The van der Waals surface area contributed by atoms with Crippen molar-refractivity contribution in [3.05, 3.63) is 36.5 Å². The summed E-state index contributed by atoms with van der Waals surface area (Å²) in [7, 11) is 0. The van der Waals surface area contributed by atoms with Crippen molar-refractivity contribution in [2.75, 3.05) is 5.32 Å². The third-order valence-electron chi connectivity index (χ3n) is 2.02. The van der Waals surface area contributed by atoms with Crippen LogP contribution in [0.3, 0.4) is 0 Å². The van der Waals surface area contributed by atoms with Crippen molar-refractivity contribution in [3.63, 3.8) is 0 Å². The van der Waals surface area contributed by atoms with E-state index in [0.717, 1.165) is 4.68 Å². The van der Waals surface area contributed by atoms with Crippen LogP contribution in [0.4, 0.5) is 10.6 Å². The zero-order chi connectivity index (χ0) is 13.7. The molecule has 2 N–H and O–H groups in total. The number of nitrogens with one attached hydrogen (secondary N) is 1. The first-order valence-corrected chi connectivity index (χ1v) is 5.29. The van der Waals surface area contributed by atoms with Gasteiger partial charge in [-0.25, -0.2) is 9.48 Å². The van der Waals surface area contributed by atoms with E-state index in [-0.39, 0.29) is 12.4 Å². The number of ether oxygens (including phenoxy) is 1. The van der Waals surface area contributed by atoms with Crippen LogP contribution in [0.1, 0.15) is 0 Å². The molecule has 0 aliphatic heterocycles. The minimum atomic E-state index is -1.05. The van der Waals surface area contributed by atoms with Crippen molar-refractivity contribution in [1.82, 2.24) is 15.0 Å². The number of para-hydroxylation sites is 1. The molecule has 8 nitrogen and oxygen atoms in total. The summed E-state index contributed by atoms with van der Waals surface area (Å²) in [6, 6.07) is 8.50. The van der Waals surface area contributed by atoms with Crippen molar-refractivity contribution in [3.8, 4) is 5.75 Å². The Morgan fingerprint density at radius 1 is 1.32 bits per heavy atom. The van der Waals surface area contributed by atoms with Crippen LogP contribution in [-0.4, -0.2) is 32.2 Å². The third-order valence-corrected chi connectivity index (χ3v) is 2.02. The monoisotopic (exact) mass is 262 g/mol. The van der Waals surface area contributed by atoms with Gasteiger partial charge in [-0.1, -0.05) is 23.4 Å². The predicted molar refractivity (Wildman–Crippen MR) is 63.7 cm³/mol. The Balaban J connectivity index is 1.92. The number of amides is 1. The van der Waals surface area contributed by atoms with Crippen LogP contribution in [0.25, 0.3) is 0 Å². The molecule has 98 valence electrons. The lowest BCUT2D eigenvalue weighted by atomic mass is 10.3. The molecule has 0 saturated heterocycles. The molecular weight excluding hydrogens is 252 g/mol. The largest absolute Gasteiger partial charge is 0.480 e. The van der Waals surface area contributed by atoms with Crippen LogP contribution in [0, 0.1) is 0 Å². The van der Waals surface area contributed by atoms with Crippen molar-refractivity contribution >= 4 is 17.9 Å². The number of aromatic nitrogens is 3. The molecule has 0 fully saturated rings. The number of benzene rings is 1. The van der Waals surface area contributed by atoms with E-state index in [1.165, 1.54) is 6.20 Å². The highest BCUT2D eigenvalue weighted by molar-refractivity contribution is 5.84. The molecule has 19 heavy (non-hydrogen) atoms. The first-order valence-electron chi connectivity index (χ1n) is 5.29. The molecule has 0 aliphatic rings. The summed E-state index contributed by atoms with van der Waals surface area (Å²) in [5.74, 6) is -0.552. The summed E-state index contributed by atoms with van der Waals surface area (Å²) < 4.78 is 6.05. The Labute approximate surface area is 107 Å². The van der Waals surface area contributed by atoms with Crippen molar-refractivity contribution in [1.29, 1.82) is 0 Å². The molecule has 2 rings (SSSR count). The van der Waals surface area contributed by atoms with E-state index in [1.807, 2.05) is 0 Å². The van der Waals surface area contributed by atoms with Crippen molar-refractivity contribution < 1.29 is 19.4 Å². The van der Waals surface area contributed by atoms with Crippen LogP contribution >= 0.6 is 0 Å². The third kappa shape index (κ3) is 3.80. The van der Waals surface area contributed by atoms with Gasteiger partial charge >= 0.3 is 12.1 Å². The zero-order valence-electron chi connectivity index (χ0n) is 9.68. The van der Waals surface area contributed by atoms with E-state index in [1.54, 1.807) is 30.3 Å². The lowest BCUT2D eigenvalue weighted by molar-refractivity contribution is -0.137. The van der Waals surface area contributed by atoms with E-state index < -0.39 is 12.1 Å². The fraction of sp³-hybridized carbons (Fsp3) is 0.0909. The van der Waals surface area contributed by atoms with E-state index in [2.05, 4.69) is 15.6 Å². The number of aliphatic carboxylic acids is 1. The molecule has 0 atom stereocenters. The maximum Gasteiger partial charge on any atom is 0.418 e. The fourth-order valence-electron chi connectivity index (χ4n) is 1.30. The summed E-state index contributed by atoms with van der Waals surface area (Å²) in [5, 5.41) is 18.0. The van der Waals surface area contributed by atoms with Crippen molar-refractivity contribution in [2.45, 2.75) is 6.54 Å². The number of hydrogen-bond acceptors (Lipinski definition) is 5.